The molecule has 1 aliphatic heterocycles. The molecule has 0 fully saturated rings. The number of hydrogen-bond acceptors (Lipinski definition) is 0. The van der Waals surface area contributed by atoms with Crippen molar-refractivity contribution in [2.24, 2.45) is 0 Å². The summed E-state index contributed by atoms with van der Waals surface area (Å²) in [6.45, 7) is 7.43. The Hall–Kier alpha value is -0.563. The molecule has 1 heteroatoms. The van der Waals surface area contributed by atoms with Crippen LogP contribution in [-0.4, -0.2) is 8.07 Å². The Morgan fingerprint density at radius 2 is 1.94 bits per heavy atom. The molecule has 1 heterocycles. The molecule has 0 radical (unpaired) electrons. The molecule has 0 bridgehead atoms. The molecule has 1 aromatic carbocycles. The van der Waals surface area contributed by atoms with Crippen LogP contribution in [0.25, 0.3) is 0 Å². The lowest BCUT2D eigenvalue weighted by atomic mass is 10.1. The van der Waals surface area contributed by atoms with E-state index in [1.54, 1.807) is 10.8 Å². The number of benzene rings is 1. The van der Waals surface area contributed by atoms with Crippen LogP contribution < -0.4 is 5.19 Å². The third kappa shape index (κ3) is 2.10. The smallest absolute Gasteiger partial charge is 0.0654 e. The minimum atomic E-state index is -1.14. The molecule has 0 saturated carbocycles. The van der Waals surface area contributed by atoms with E-state index in [2.05, 4.69) is 44.3 Å². The van der Waals surface area contributed by atoms with E-state index in [1.807, 2.05) is 0 Å². The van der Waals surface area contributed by atoms with E-state index < -0.39 is 8.07 Å². The van der Waals surface area contributed by atoms with Crippen molar-refractivity contribution in [2.75, 3.05) is 0 Å². The van der Waals surface area contributed by atoms with Crippen LogP contribution in [0.15, 0.2) is 24.3 Å². The third-order valence-corrected chi connectivity index (χ3v) is 8.76. The highest BCUT2D eigenvalue weighted by molar-refractivity contribution is 6.92. The predicted octanol–water partition coefficient (Wildman–Crippen LogP) is 4.11. The lowest BCUT2D eigenvalue weighted by Crippen LogP contribution is -2.41. The molecule has 1 aromatic rings. The van der Waals surface area contributed by atoms with Gasteiger partial charge >= 0.3 is 0 Å². The van der Waals surface area contributed by atoms with Gasteiger partial charge in [-0.05, 0) is 17.5 Å². The van der Waals surface area contributed by atoms with Crippen molar-refractivity contribution in [2.45, 2.75) is 57.7 Å². The number of fused-ring (bicyclic) bond motifs is 1. The van der Waals surface area contributed by atoms with Crippen molar-refractivity contribution in [3.8, 4) is 0 Å². The Morgan fingerprint density at radius 3 is 2.62 bits per heavy atom. The number of unbranched alkanes of at least 4 members (excludes halogenated alkanes) is 2. The van der Waals surface area contributed by atoms with Gasteiger partial charge in [-0.15, -0.1) is 0 Å². The zero-order chi connectivity index (χ0) is 11.6. The van der Waals surface area contributed by atoms with Gasteiger partial charge in [-0.1, -0.05) is 75.2 Å². The van der Waals surface area contributed by atoms with Crippen LogP contribution in [0.5, 0.6) is 0 Å². The van der Waals surface area contributed by atoms with Gasteiger partial charge in [0.1, 0.15) is 0 Å². The Morgan fingerprint density at radius 1 is 1.19 bits per heavy atom. The Kier molecular flexibility index (Phi) is 3.53. The minimum absolute atomic E-state index is 0.997. The van der Waals surface area contributed by atoms with E-state index in [0.29, 0.717) is 0 Å². The highest BCUT2D eigenvalue weighted by atomic mass is 28.3. The van der Waals surface area contributed by atoms with Crippen LogP contribution in [0, 0.1) is 0 Å². The van der Waals surface area contributed by atoms with Gasteiger partial charge in [-0.2, -0.15) is 0 Å². The molecule has 0 N–H and O–H groups in total. The first-order valence-corrected chi connectivity index (χ1v) is 9.82. The highest BCUT2D eigenvalue weighted by Crippen LogP contribution is 2.37. The second-order valence-corrected chi connectivity index (χ2v) is 10.6. The van der Waals surface area contributed by atoms with Crippen molar-refractivity contribution in [3.63, 3.8) is 0 Å². The molecule has 88 valence electrons. The first-order chi connectivity index (χ1) is 7.66. The largest absolute Gasteiger partial charge is 0.0843 e. The zero-order valence-electron chi connectivity index (χ0n) is 10.9. The number of hydrogen-bond donors (Lipinski definition) is 0. The summed E-state index contributed by atoms with van der Waals surface area (Å²) in [4.78, 5) is 0. The van der Waals surface area contributed by atoms with E-state index in [1.165, 1.54) is 32.1 Å². The van der Waals surface area contributed by atoms with Crippen molar-refractivity contribution >= 4 is 13.3 Å². The molecule has 0 nitrogen and oxygen atoms in total. The minimum Gasteiger partial charge on any atom is -0.0654 e. The molecule has 2 rings (SSSR count). The monoisotopic (exact) mass is 232 g/mol. The number of rotatable bonds is 4. The van der Waals surface area contributed by atoms with Crippen molar-refractivity contribution in [1.29, 1.82) is 0 Å². The fourth-order valence-electron chi connectivity index (χ4n) is 3.17. The van der Waals surface area contributed by atoms with Crippen LogP contribution in [0.2, 0.25) is 18.6 Å². The van der Waals surface area contributed by atoms with E-state index in [-0.39, 0.29) is 0 Å². The fourth-order valence-corrected chi connectivity index (χ4v) is 6.81. The van der Waals surface area contributed by atoms with Gasteiger partial charge < -0.3 is 0 Å². The molecule has 0 spiro atoms. The molecule has 1 atom stereocenters. The molecular formula is C15H24Si. The van der Waals surface area contributed by atoms with Crippen LogP contribution >= 0.6 is 0 Å². The topological polar surface area (TPSA) is 0 Å². The zero-order valence-corrected chi connectivity index (χ0v) is 11.9. The Labute approximate surface area is 101 Å². The standard InChI is InChI=1S/C15H24Si/c1-4-5-6-10-14-12-13-9-7-8-11-15(13)16(14,2)3/h7-9,11,14H,4-6,10,12H2,1-3H3. The first kappa shape index (κ1) is 11.9. The van der Waals surface area contributed by atoms with Crippen molar-refractivity contribution in [1.82, 2.24) is 0 Å². The predicted molar refractivity (Wildman–Crippen MR) is 75.2 cm³/mol. The van der Waals surface area contributed by atoms with E-state index in [0.717, 1.165) is 5.54 Å². The summed E-state index contributed by atoms with van der Waals surface area (Å²) >= 11 is 0. The van der Waals surface area contributed by atoms with E-state index in [4.69, 9.17) is 0 Å². The lowest BCUT2D eigenvalue weighted by molar-refractivity contribution is 0.627. The summed E-state index contributed by atoms with van der Waals surface area (Å²) in [5.41, 5.74) is 2.65. The van der Waals surface area contributed by atoms with Gasteiger partial charge in [0.15, 0.2) is 0 Å². The maximum atomic E-state index is 2.56. The van der Waals surface area contributed by atoms with Crippen LogP contribution in [-0.2, 0) is 6.42 Å². The third-order valence-electron chi connectivity index (χ3n) is 4.35. The SMILES string of the molecule is CCCCCC1Cc2ccccc2[Si]1(C)C. The molecule has 1 aliphatic rings. The molecule has 0 amide bonds. The van der Waals surface area contributed by atoms with Crippen LogP contribution in [0.1, 0.15) is 38.2 Å². The van der Waals surface area contributed by atoms with Gasteiger partial charge in [-0.25, -0.2) is 0 Å². The summed E-state index contributed by atoms with van der Waals surface area (Å²) in [7, 11) is -1.14. The summed E-state index contributed by atoms with van der Waals surface area (Å²) in [5, 5.41) is 1.73. The molecule has 0 saturated heterocycles. The summed E-state index contributed by atoms with van der Waals surface area (Å²) in [6, 6.07) is 9.17. The van der Waals surface area contributed by atoms with Crippen molar-refractivity contribution in [3.05, 3.63) is 29.8 Å². The molecule has 16 heavy (non-hydrogen) atoms. The van der Waals surface area contributed by atoms with E-state index >= 15 is 0 Å². The second kappa shape index (κ2) is 4.75. The van der Waals surface area contributed by atoms with Gasteiger partial charge in [-0.3, -0.25) is 0 Å². The molecular weight excluding hydrogens is 208 g/mol. The van der Waals surface area contributed by atoms with Gasteiger partial charge in [0.2, 0.25) is 0 Å². The highest BCUT2D eigenvalue weighted by Gasteiger charge is 2.40. The average Bonchev–Trinajstić information content (AvgIpc) is 2.52. The average molecular weight is 232 g/mol. The lowest BCUT2D eigenvalue weighted by Gasteiger charge is -2.26. The normalized spacial score (nSPS) is 22.1. The Bertz CT molecular complexity index is 354. The molecule has 0 aromatic heterocycles. The first-order valence-electron chi connectivity index (χ1n) is 6.74. The van der Waals surface area contributed by atoms with Gasteiger partial charge in [0.25, 0.3) is 0 Å². The van der Waals surface area contributed by atoms with Crippen LogP contribution in [0.4, 0.5) is 0 Å². The summed E-state index contributed by atoms with van der Waals surface area (Å²) in [6.07, 6.45) is 7.02. The van der Waals surface area contributed by atoms with E-state index in [9.17, 15) is 0 Å². The molecule has 1 unspecified atom stereocenters. The fraction of sp³-hybridized carbons (Fsp3) is 0.600. The summed E-state index contributed by atoms with van der Waals surface area (Å²) < 4.78 is 0. The Balaban J connectivity index is 2.10. The maximum absolute atomic E-state index is 2.56. The van der Waals surface area contributed by atoms with Crippen LogP contribution in [0.3, 0.4) is 0 Å². The van der Waals surface area contributed by atoms with Crippen molar-refractivity contribution < 1.29 is 0 Å². The second-order valence-electron chi connectivity index (χ2n) is 5.78. The van der Waals surface area contributed by atoms with Gasteiger partial charge in [0, 0.05) is 0 Å². The summed E-state index contributed by atoms with van der Waals surface area (Å²) in [5.74, 6) is 0. The van der Waals surface area contributed by atoms with Gasteiger partial charge in [0.05, 0.1) is 8.07 Å². The quantitative estimate of drug-likeness (QED) is 0.541. The maximum Gasteiger partial charge on any atom is 0.0843 e. The molecule has 0 aliphatic carbocycles.